The van der Waals surface area contributed by atoms with Crippen LogP contribution in [0.2, 0.25) is 0 Å². The number of Topliss-reactive ketones (excluding diaryl/α,β-unsaturated/α-hetero) is 1. The van der Waals surface area contributed by atoms with Crippen molar-refractivity contribution in [2.24, 2.45) is 0 Å². The summed E-state index contributed by atoms with van der Waals surface area (Å²) in [5, 5.41) is 6.56. The minimum atomic E-state index is 0.138. The largest absolute Gasteiger partial charge is 0.367 e. The Labute approximate surface area is 102 Å². The number of piperidine rings is 1. The maximum Gasteiger partial charge on any atom is 0.150 e. The highest BCUT2D eigenvalue weighted by Gasteiger charge is 2.36. The van der Waals surface area contributed by atoms with E-state index in [9.17, 15) is 4.79 Å². The molecule has 84 valence electrons. The van der Waals surface area contributed by atoms with Gasteiger partial charge < -0.3 is 5.32 Å². The molecule has 0 amide bonds. The fourth-order valence-electron chi connectivity index (χ4n) is 2.39. The molecule has 3 aliphatic rings. The third kappa shape index (κ3) is 1.51. The normalized spacial score (nSPS) is 32.3. The second kappa shape index (κ2) is 3.75. The number of rotatable bonds is 0. The van der Waals surface area contributed by atoms with E-state index in [1.807, 2.05) is 22.4 Å². The standard InChI is InChI=1S/C11H12BrN3O/c12-15-6-7-4-8(16)5-14-10(7)9-2-1-3-13-11(9)15/h1-3,6,10-11,13-14H,4-5H2. The van der Waals surface area contributed by atoms with Crippen LogP contribution < -0.4 is 10.6 Å². The molecule has 16 heavy (non-hydrogen) atoms. The Morgan fingerprint density at radius 1 is 1.50 bits per heavy atom. The van der Waals surface area contributed by atoms with E-state index in [2.05, 4.69) is 32.9 Å². The van der Waals surface area contributed by atoms with Gasteiger partial charge in [-0.3, -0.25) is 14.0 Å². The first-order chi connectivity index (χ1) is 7.75. The number of halogens is 1. The fraction of sp³-hybridized carbons (Fsp3) is 0.364. The smallest absolute Gasteiger partial charge is 0.150 e. The molecule has 2 atom stereocenters. The van der Waals surface area contributed by atoms with Crippen LogP contribution in [0.3, 0.4) is 0 Å². The lowest BCUT2D eigenvalue weighted by Gasteiger charge is -2.41. The Hall–Kier alpha value is -1.07. The Kier molecular flexibility index (Phi) is 2.37. The average Bonchev–Trinajstić information content (AvgIpc) is 2.29. The van der Waals surface area contributed by atoms with Crippen LogP contribution in [0.5, 0.6) is 0 Å². The summed E-state index contributed by atoms with van der Waals surface area (Å²) in [6.07, 6.45) is 8.72. The summed E-state index contributed by atoms with van der Waals surface area (Å²) in [5.74, 6) is 0.252. The summed E-state index contributed by atoms with van der Waals surface area (Å²) in [6.45, 7) is 0.470. The number of ketones is 1. The second-order valence-corrected chi connectivity index (χ2v) is 4.99. The molecule has 0 aliphatic carbocycles. The minimum Gasteiger partial charge on any atom is -0.367 e. The van der Waals surface area contributed by atoms with E-state index < -0.39 is 0 Å². The first kappa shape index (κ1) is 10.1. The first-order valence-corrected chi connectivity index (χ1v) is 5.99. The van der Waals surface area contributed by atoms with Crippen molar-refractivity contribution in [2.75, 3.05) is 6.54 Å². The number of nitrogens with zero attached hydrogens (tertiary/aromatic N) is 1. The van der Waals surface area contributed by atoms with Crippen LogP contribution in [-0.4, -0.2) is 28.5 Å². The predicted octanol–water partition coefficient (Wildman–Crippen LogP) is 0.796. The second-order valence-electron chi connectivity index (χ2n) is 4.17. The van der Waals surface area contributed by atoms with Crippen molar-refractivity contribution in [3.8, 4) is 0 Å². The fourth-order valence-corrected chi connectivity index (χ4v) is 3.00. The van der Waals surface area contributed by atoms with Gasteiger partial charge in [0.25, 0.3) is 0 Å². The summed E-state index contributed by atoms with van der Waals surface area (Å²) in [7, 11) is 0. The zero-order valence-electron chi connectivity index (χ0n) is 8.61. The molecule has 0 aromatic carbocycles. The number of hydrogen-bond acceptors (Lipinski definition) is 4. The molecule has 1 fully saturated rings. The molecular weight excluding hydrogens is 270 g/mol. The minimum absolute atomic E-state index is 0.138. The van der Waals surface area contributed by atoms with Gasteiger partial charge in [0.2, 0.25) is 0 Å². The Morgan fingerprint density at radius 3 is 3.25 bits per heavy atom. The molecule has 4 nitrogen and oxygen atoms in total. The summed E-state index contributed by atoms with van der Waals surface area (Å²) < 4.78 is 1.94. The van der Waals surface area contributed by atoms with E-state index in [1.54, 1.807) is 0 Å². The molecule has 2 unspecified atom stereocenters. The van der Waals surface area contributed by atoms with E-state index in [0.717, 1.165) is 5.57 Å². The van der Waals surface area contributed by atoms with Crippen molar-refractivity contribution < 1.29 is 4.79 Å². The molecule has 3 rings (SSSR count). The number of hydrogen-bond donors (Lipinski definition) is 2. The van der Waals surface area contributed by atoms with Gasteiger partial charge in [0, 0.05) is 12.6 Å². The SMILES string of the molecule is O=C1CNC2C(=CN(Br)C3NC=CC=C23)C1. The van der Waals surface area contributed by atoms with Crippen LogP contribution in [-0.2, 0) is 4.79 Å². The molecular formula is C11H12BrN3O. The molecule has 3 aliphatic heterocycles. The zero-order chi connectivity index (χ0) is 11.1. The lowest BCUT2D eigenvalue weighted by atomic mass is 9.87. The molecule has 0 aromatic heterocycles. The number of nitrogens with one attached hydrogen (secondary N) is 2. The third-order valence-corrected chi connectivity index (χ3v) is 3.71. The van der Waals surface area contributed by atoms with Gasteiger partial charge in [0.15, 0.2) is 5.78 Å². The van der Waals surface area contributed by atoms with Gasteiger partial charge in [0.05, 0.1) is 28.7 Å². The Morgan fingerprint density at radius 2 is 2.38 bits per heavy atom. The van der Waals surface area contributed by atoms with E-state index in [-0.39, 0.29) is 18.0 Å². The topological polar surface area (TPSA) is 44.4 Å². The van der Waals surface area contributed by atoms with Gasteiger partial charge >= 0.3 is 0 Å². The lowest BCUT2D eigenvalue weighted by Crippen LogP contribution is -2.53. The van der Waals surface area contributed by atoms with Crippen LogP contribution in [0.25, 0.3) is 0 Å². The van der Waals surface area contributed by atoms with E-state index >= 15 is 0 Å². The highest BCUT2D eigenvalue weighted by atomic mass is 79.9. The molecule has 3 heterocycles. The van der Waals surface area contributed by atoms with E-state index in [1.165, 1.54) is 5.57 Å². The molecule has 0 aromatic rings. The summed E-state index contributed by atoms with van der Waals surface area (Å²) in [6, 6.07) is 0.203. The molecule has 0 radical (unpaired) electrons. The predicted molar refractivity (Wildman–Crippen MR) is 64.4 cm³/mol. The van der Waals surface area contributed by atoms with Crippen LogP contribution in [0, 0.1) is 0 Å². The van der Waals surface area contributed by atoms with Crippen molar-refractivity contribution in [3.63, 3.8) is 0 Å². The zero-order valence-corrected chi connectivity index (χ0v) is 10.2. The maximum absolute atomic E-state index is 11.4. The van der Waals surface area contributed by atoms with Crippen LogP contribution >= 0.6 is 16.1 Å². The highest BCUT2D eigenvalue weighted by molar-refractivity contribution is 9.07. The summed E-state index contributed by atoms with van der Waals surface area (Å²) >= 11 is 3.49. The summed E-state index contributed by atoms with van der Waals surface area (Å²) in [5.41, 5.74) is 2.39. The van der Waals surface area contributed by atoms with Gasteiger partial charge in [-0.1, -0.05) is 6.08 Å². The van der Waals surface area contributed by atoms with Crippen LogP contribution in [0.1, 0.15) is 6.42 Å². The lowest BCUT2D eigenvalue weighted by molar-refractivity contribution is -0.118. The molecule has 2 N–H and O–H groups in total. The number of fused-ring (bicyclic) bond motifs is 3. The monoisotopic (exact) mass is 281 g/mol. The van der Waals surface area contributed by atoms with Crippen molar-refractivity contribution in [1.82, 2.24) is 14.6 Å². The van der Waals surface area contributed by atoms with Crippen molar-refractivity contribution in [1.29, 1.82) is 0 Å². The molecule has 0 spiro atoms. The van der Waals surface area contributed by atoms with Gasteiger partial charge in [-0.25, -0.2) is 0 Å². The third-order valence-electron chi connectivity index (χ3n) is 3.10. The van der Waals surface area contributed by atoms with E-state index in [0.29, 0.717) is 13.0 Å². The van der Waals surface area contributed by atoms with Crippen molar-refractivity contribution in [2.45, 2.75) is 18.6 Å². The maximum atomic E-state index is 11.4. The Bertz CT molecular complexity index is 427. The Balaban J connectivity index is 1.99. The molecule has 0 bridgehead atoms. The van der Waals surface area contributed by atoms with Crippen molar-refractivity contribution in [3.05, 3.63) is 35.7 Å². The quantitative estimate of drug-likeness (QED) is 0.645. The highest BCUT2D eigenvalue weighted by Crippen LogP contribution is 2.32. The first-order valence-electron chi connectivity index (χ1n) is 5.28. The van der Waals surface area contributed by atoms with Crippen LogP contribution in [0.15, 0.2) is 35.7 Å². The number of allylic oxidation sites excluding steroid dienone is 2. The average molecular weight is 282 g/mol. The number of carbonyl (C=O) groups excluding carboxylic acids is 1. The molecule has 0 saturated carbocycles. The van der Waals surface area contributed by atoms with E-state index in [4.69, 9.17) is 0 Å². The summed E-state index contributed by atoms with van der Waals surface area (Å²) in [4.78, 5) is 11.4. The molecule has 1 saturated heterocycles. The van der Waals surface area contributed by atoms with Crippen molar-refractivity contribution >= 4 is 21.9 Å². The van der Waals surface area contributed by atoms with Gasteiger partial charge in [0.1, 0.15) is 6.17 Å². The number of dihydropyridines is 1. The number of carbonyl (C=O) groups is 1. The van der Waals surface area contributed by atoms with Gasteiger partial charge in [-0.05, 0) is 23.4 Å². The van der Waals surface area contributed by atoms with Crippen LogP contribution in [0.4, 0.5) is 0 Å². The van der Waals surface area contributed by atoms with Gasteiger partial charge in [-0.15, -0.1) is 0 Å². The molecule has 5 heteroatoms. The van der Waals surface area contributed by atoms with Gasteiger partial charge in [-0.2, -0.15) is 0 Å².